The van der Waals surface area contributed by atoms with Gasteiger partial charge in [0.25, 0.3) is 0 Å². The zero-order valence-corrected chi connectivity index (χ0v) is 12.1. The number of carboxylic acids is 1. The lowest BCUT2D eigenvalue weighted by atomic mass is 9.94. The van der Waals surface area contributed by atoms with Crippen LogP contribution in [0.15, 0.2) is 24.3 Å². The summed E-state index contributed by atoms with van der Waals surface area (Å²) < 4.78 is 0. The molecule has 4 heteroatoms. The van der Waals surface area contributed by atoms with Gasteiger partial charge in [-0.1, -0.05) is 24.6 Å². The highest BCUT2D eigenvalue weighted by atomic mass is 16.4. The Morgan fingerprint density at radius 1 is 1.05 bits per heavy atom. The highest BCUT2D eigenvalue weighted by Gasteiger charge is 2.40. The van der Waals surface area contributed by atoms with Gasteiger partial charge in [0, 0.05) is 12.2 Å². The number of amides is 1. The van der Waals surface area contributed by atoms with Crippen LogP contribution in [0.3, 0.4) is 0 Å². The van der Waals surface area contributed by atoms with Crippen molar-refractivity contribution in [2.75, 3.05) is 11.4 Å². The van der Waals surface area contributed by atoms with E-state index in [0.717, 1.165) is 31.4 Å². The van der Waals surface area contributed by atoms with Gasteiger partial charge in [0.2, 0.25) is 5.91 Å². The number of rotatable bonds is 2. The van der Waals surface area contributed by atoms with Crippen molar-refractivity contribution in [1.82, 2.24) is 0 Å². The molecule has 2 unspecified atom stereocenters. The summed E-state index contributed by atoms with van der Waals surface area (Å²) in [6, 6.07) is 8.02. The number of benzene rings is 1. The lowest BCUT2D eigenvalue weighted by Crippen LogP contribution is -2.39. The second-order valence-electron chi connectivity index (χ2n) is 6.06. The average molecular weight is 287 g/mol. The van der Waals surface area contributed by atoms with Crippen LogP contribution >= 0.6 is 0 Å². The molecule has 2 atom stereocenters. The first-order chi connectivity index (χ1) is 10.2. The summed E-state index contributed by atoms with van der Waals surface area (Å²) in [4.78, 5) is 26.1. The quantitative estimate of drug-likeness (QED) is 0.910. The van der Waals surface area contributed by atoms with Gasteiger partial charge in [0.15, 0.2) is 0 Å². The predicted octanol–water partition coefficient (Wildman–Crippen LogP) is 2.86. The SMILES string of the molecule is O=C(O)C1CCCC1C(=O)N1CCCCc2ccccc21. The van der Waals surface area contributed by atoms with Gasteiger partial charge < -0.3 is 10.0 Å². The predicted molar refractivity (Wildman–Crippen MR) is 80.2 cm³/mol. The van der Waals surface area contributed by atoms with E-state index in [-0.39, 0.29) is 11.8 Å². The zero-order valence-electron chi connectivity index (χ0n) is 12.1. The van der Waals surface area contributed by atoms with Crippen molar-refractivity contribution >= 4 is 17.6 Å². The highest BCUT2D eigenvalue weighted by Crippen LogP contribution is 2.36. The van der Waals surface area contributed by atoms with Crippen molar-refractivity contribution in [3.05, 3.63) is 29.8 Å². The highest BCUT2D eigenvalue weighted by molar-refractivity contribution is 5.98. The van der Waals surface area contributed by atoms with Crippen LogP contribution < -0.4 is 4.90 Å². The first kappa shape index (κ1) is 14.1. The van der Waals surface area contributed by atoms with Gasteiger partial charge in [-0.2, -0.15) is 0 Å². The molecule has 4 nitrogen and oxygen atoms in total. The number of aryl methyl sites for hydroxylation is 1. The van der Waals surface area contributed by atoms with Crippen LogP contribution in [0.25, 0.3) is 0 Å². The number of aliphatic carboxylic acids is 1. The molecule has 1 aliphatic heterocycles. The normalized spacial score (nSPS) is 25.2. The molecule has 0 radical (unpaired) electrons. The minimum atomic E-state index is -0.825. The topological polar surface area (TPSA) is 57.6 Å². The molecule has 112 valence electrons. The number of carboxylic acid groups (broad SMARTS) is 1. The first-order valence-corrected chi connectivity index (χ1v) is 7.80. The summed E-state index contributed by atoms with van der Waals surface area (Å²) in [5, 5.41) is 9.31. The summed E-state index contributed by atoms with van der Waals surface area (Å²) in [7, 11) is 0. The molecule has 1 aliphatic carbocycles. The molecule has 1 heterocycles. The molecule has 2 aliphatic rings. The molecule has 1 fully saturated rings. The van der Waals surface area contributed by atoms with Crippen molar-refractivity contribution in [2.24, 2.45) is 11.8 Å². The summed E-state index contributed by atoms with van der Waals surface area (Å²) in [6.45, 7) is 0.707. The standard InChI is InChI=1S/C17H21NO3/c19-16(13-8-5-9-14(13)17(20)21)18-11-4-3-7-12-6-1-2-10-15(12)18/h1-2,6,10,13-14H,3-5,7-9,11H2,(H,20,21). The minimum Gasteiger partial charge on any atom is -0.481 e. The molecule has 1 aromatic rings. The molecule has 1 amide bonds. The Kier molecular flexibility index (Phi) is 3.95. The van der Waals surface area contributed by atoms with Gasteiger partial charge in [-0.3, -0.25) is 9.59 Å². The number of hydrogen-bond acceptors (Lipinski definition) is 2. The van der Waals surface area contributed by atoms with E-state index in [1.807, 2.05) is 23.1 Å². The van der Waals surface area contributed by atoms with Gasteiger partial charge in [0.1, 0.15) is 0 Å². The van der Waals surface area contributed by atoms with Gasteiger partial charge in [0.05, 0.1) is 11.8 Å². The summed E-state index contributed by atoms with van der Waals surface area (Å²) in [5.41, 5.74) is 2.18. The maximum absolute atomic E-state index is 12.9. The molecule has 3 rings (SSSR count). The second kappa shape index (κ2) is 5.88. The molecule has 1 aromatic carbocycles. The largest absolute Gasteiger partial charge is 0.481 e. The Labute approximate surface area is 124 Å². The molecule has 0 bridgehead atoms. The van der Waals surface area contributed by atoms with E-state index in [2.05, 4.69) is 6.07 Å². The molecular formula is C17H21NO3. The van der Waals surface area contributed by atoms with Gasteiger partial charge in [-0.05, 0) is 43.7 Å². The van der Waals surface area contributed by atoms with Gasteiger partial charge in [-0.25, -0.2) is 0 Å². The maximum Gasteiger partial charge on any atom is 0.307 e. The molecule has 0 aromatic heterocycles. The minimum absolute atomic E-state index is 0.00856. The fourth-order valence-electron chi connectivity index (χ4n) is 3.67. The monoisotopic (exact) mass is 287 g/mol. The number of para-hydroxylation sites is 1. The van der Waals surface area contributed by atoms with Crippen LogP contribution in [-0.2, 0) is 16.0 Å². The average Bonchev–Trinajstić information content (AvgIpc) is 2.88. The third-order valence-corrected chi connectivity index (χ3v) is 4.78. The fraction of sp³-hybridized carbons (Fsp3) is 0.529. The first-order valence-electron chi connectivity index (χ1n) is 7.80. The number of nitrogens with zero attached hydrogens (tertiary/aromatic N) is 1. The summed E-state index contributed by atoms with van der Waals surface area (Å²) >= 11 is 0. The summed E-state index contributed by atoms with van der Waals surface area (Å²) in [6.07, 6.45) is 5.21. The second-order valence-corrected chi connectivity index (χ2v) is 6.06. The lowest BCUT2D eigenvalue weighted by molar-refractivity contribution is -0.145. The molecule has 0 spiro atoms. The van der Waals surface area contributed by atoms with Gasteiger partial charge >= 0.3 is 5.97 Å². The molecule has 1 N–H and O–H groups in total. The maximum atomic E-state index is 12.9. The number of carbonyl (C=O) groups excluding carboxylic acids is 1. The zero-order chi connectivity index (χ0) is 14.8. The van der Waals surface area contributed by atoms with Crippen molar-refractivity contribution < 1.29 is 14.7 Å². The third-order valence-electron chi connectivity index (χ3n) is 4.78. The Morgan fingerprint density at radius 3 is 2.62 bits per heavy atom. The van der Waals surface area contributed by atoms with Crippen molar-refractivity contribution in [1.29, 1.82) is 0 Å². The van der Waals surface area contributed by atoms with Crippen molar-refractivity contribution in [2.45, 2.75) is 38.5 Å². The molecule has 1 saturated carbocycles. The number of hydrogen-bond donors (Lipinski definition) is 1. The Hall–Kier alpha value is -1.84. The van der Waals surface area contributed by atoms with Crippen LogP contribution in [0.4, 0.5) is 5.69 Å². The number of anilines is 1. The summed E-state index contributed by atoms with van der Waals surface area (Å²) in [5.74, 6) is -1.68. The van der Waals surface area contributed by atoms with Crippen LogP contribution in [0.1, 0.15) is 37.7 Å². The third kappa shape index (κ3) is 2.67. The van der Waals surface area contributed by atoms with Crippen LogP contribution in [0.2, 0.25) is 0 Å². The van der Waals surface area contributed by atoms with E-state index in [0.29, 0.717) is 19.4 Å². The lowest BCUT2D eigenvalue weighted by Gasteiger charge is -2.27. The van der Waals surface area contributed by atoms with Crippen molar-refractivity contribution in [3.8, 4) is 0 Å². The molecule has 21 heavy (non-hydrogen) atoms. The Morgan fingerprint density at radius 2 is 1.81 bits per heavy atom. The Bertz CT molecular complexity index is 555. The van der Waals surface area contributed by atoms with E-state index in [1.165, 1.54) is 5.56 Å². The van der Waals surface area contributed by atoms with Gasteiger partial charge in [-0.15, -0.1) is 0 Å². The van der Waals surface area contributed by atoms with Crippen molar-refractivity contribution in [3.63, 3.8) is 0 Å². The van der Waals surface area contributed by atoms with E-state index < -0.39 is 11.9 Å². The van der Waals surface area contributed by atoms with Crippen LogP contribution in [-0.4, -0.2) is 23.5 Å². The Balaban J connectivity index is 1.89. The number of fused-ring (bicyclic) bond motifs is 1. The molecule has 0 saturated heterocycles. The number of carbonyl (C=O) groups is 2. The molecular weight excluding hydrogens is 266 g/mol. The van der Waals surface area contributed by atoms with E-state index in [1.54, 1.807) is 0 Å². The van der Waals surface area contributed by atoms with E-state index in [4.69, 9.17) is 0 Å². The smallest absolute Gasteiger partial charge is 0.307 e. The van der Waals surface area contributed by atoms with E-state index in [9.17, 15) is 14.7 Å². The fourth-order valence-corrected chi connectivity index (χ4v) is 3.67. The van der Waals surface area contributed by atoms with Crippen LogP contribution in [0, 0.1) is 11.8 Å². The van der Waals surface area contributed by atoms with E-state index >= 15 is 0 Å². The van der Waals surface area contributed by atoms with Crippen LogP contribution in [0.5, 0.6) is 0 Å².